The first kappa shape index (κ1) is 16.8. The first-order chi connectivity index (χ1) is 8.56. The van der Waals surface area contributed by atoms with E-state index in [2.05, 4.69) is 4.74 Å². The predicted octanol–water partition coefficient (Wildman–Crippen LogP) is -0.527. The molecule has 2 N–H and O–H groups in total. The Kier molecular flexibility index (Phi) is 10.2. The minimum atomic E-state index is -0.347. The zero-order valence-corrected chi connectivity index (χ0v) is 10.8. The lowest BCUT2D eigenvalue weighted by Gasteiger charge is -2.16. The van der Waals surface area contributed by atoms with Gasteiger partial charge in [0.1, 0.15) is 13.2 Å². The van der Waals surface area contributed by atoms with Gasteiger partial charge in [0.15, 0.2) is 0 Å². The molecule has 0 aliphatic rings. The molecule has 0 aromatic carbocycles. The van der Waals surface area contributed by atoms with Gasteiger partial charge >= 0.3 is 11.9 Å². The van der Waals surface area contributed by atoms with Gasteiger partial charge in [-0.15, -0.1) is 0 Å². The topological polar surface area (TPSA) is 97.1 Å². The molecule has 1 atom stereocenters. The van der Waals surface area contributed by atoms with Crippen LogP contribution < -0.4 is 5.73 Å². The largest absolute Gasteiger partial charge is 0.463 e. The number of hydrogen-bond donors (Lipinski definition) is 1. The first-order valence-electron chi connectivity index (χ1n) is 5.72. The molecule has 18 heavy (non-hydrogen) atoms. The van der Waals surface area contributed by atoms with Crippen molar-refractivity contribution in [3.05, 3.63) is 0 Å². The Bertz CT molecular complexity index is 246. The standard InChI is InChI=1S/C11H21NO6/c1-9(13)16-4-3-15-8-11(7-12)18-6-5-17-10(2)14/h11H,3-8,12H2,1-2H3. The van der Waals surface area contributed by atoms with Crippen LogP contribution >= 0.6 is 0 Å². The smallest absolute Gasteiger partial charge is 0.302 e. The number of rotatable bonds is 10. The summed E-state index contributed by atoms with van der Waals surface area (Å²) >= 11 is 0. The fourth-order valence-corrected chi connectivity index (χ4v) is 1.04. The van der Waals surface area contributed by atoms with Crippen LogP contribution in [0.2, 0.25) is 0 Å². The van der Waals surface area contributed by atoms with E-state index in [4.69, 9.17) is 19.9 Å². The van der Waals surface area contributed by atoms with Gasteiger partial charge in [-0.1, -0.05) is 0 Å². The van der Waals surface area contributed by atoms with Gasteiger partial charge in [0.25, 0.3) is 0 Å². The Balaban J connectivity index is 3.46. The van der Waals surface area contributed by atoms with Crippen molar-refractivity contribution < 1.29 is 28.5 Å². The molecule has 0 aliphatic carbocycles. The summed E-state index contributed by atoms with van der Waals surface area (Å²) in [6.45, 7) is 4.24. The number of carbonyl (C=O) groups excluding carboxylic acids is 2. The third-order valence-corrected chi connectivity index (χ3v) is 1.84. The van der Waals surface area contributed by atoms with Crippen molar-refractivity contribution in [3.63, 3.8) is 0 Å². The maximum atomic E-state index is 10.5. The highest BCUT2D eigenvalue weighted by molar-refractivity contribution is 5.66. The molecule has 0 aromatic heterocycles. The second kappa shape index (κ2) is 10.9. The maximum Gasteiger partial charge on any atom is 0.302 e. The third kappa shape index (κ3) is 11.3. The van der Waals surface area contributed by atoms with Crippen LogP contribution in [-0.4, -0.2) is 57.6 Å². The van der Waals surface area contributed by atoms with Crippen molar-refractivity contribution in [1.29, 1.82) is 0 Å². The first-order valence-corrected chi connectivity index (χ1v) is 5.72. The Morgan fingerprint density at radius 2 is 1.56 bits per heavy atom. The molecule has 7 nitrogen and oxygen atoms in total. The summed E-state index contributed by atoms with van der Waals surface area (Å²) < 4.78 is 20.0. The summed E-state index contributed by atoms with van der Waals surface area (Å²) in [5, 5.41) is 0. The van der Waals surface area contributed by atoms with Crippen molar-refractivity contribution in [3.8, 4) is 0 Å². The van der Waals surface area contributed by atoms with Crippen molar-refractivity contribution in [2.75, 3.05) is 39.6 Å². The van der Waals surface area contributed by atoms with Gasteiger partial charge in [-0.3, -0.25) is 9.59 Å². The summed E-state index contributed by atoms with van der Waals surface area (Å²) in [5.74, 6) is -0.688. The van der Waals surface area contributed by atoms with Gasteiger partial charge < -0.3 is 24.7 Å². The average Bonchev–Trinajstić information content (AvgIpc) is 2.30. The molecule has 0 bridgehead atoms. The molecule has 0 aliphatic heterocycles. The van der Waals surface area contributed by atoms with Crippen LogP contribution in [0.4, 0.5) is 0 Å². The van der Waals surface area contributed by atoms with Crippen LogP contribution in [0.1, 0.15) is 13.8 Å². The van der Waals surface area contributed by atoms with Crippen LogP contribution in [0.3, 0.4) is 0 Å². The van der Waals surface area contributed by atoms with E-state index in [1.54, 1.807) is 0 Å². The zero-order chi connectivity index (χ0) is 13.8. The fraction of sp³-hybridized carbons (Fsp3) is 0.818. The number of nitrogens with two attached hydrogens (primary N) is 1. The van der Waals surface area contributed by atoms with Gasteiger partial charge in [-0.2, -0.15) is 0 Å². The summed E-state index contributed by atoms with van der Waals surface area (Å²) in [6.07, 6.45) is -0.266. The lowest BCUT2D eigenvalue weighted by molar-refractivity contribution is -0.145. The summed E-state index contributed by atoms with van der Waals surface area (Å²) in [4.78, 5) is 21.0. The molecule has 0 spiro atoms. The van der Waals surface area contributed by atoms with Crippen LogP contribution in [0.5, 0.6) is 0 Å². The lowest BCUT2D eigenvalue weighted by atomic mass is 10.4. The highest BCUT2D eigenvalue weighted by Crippen LogP contribution is 1.92. The predicted molar refractivity (Wildman–Crippen MR) is 62.9 cm³/mol. The molecule has 0 rings (SSSR count). The van der Waals surface area contributed by atoms with E-state index in [1.807, 2.05) is 0 Å². The van der Waals surface area contributed by atoms with Gasteiger partial charge in [-0.05, 0) is 0 Å². The van der Waals surface area contributed by atoms with E-state index < -0.39 is 0 Å². The molecule has 0 amide bonds. The van der Waals surface area contributed by atoms with Crippen molar-refractivity contribution in [2.45, 2.75) is 20.0 Å². The SMILES string of the molecule is CC(=O)OCCOCC(CN)OCCOC(C)=O. The molecule has 0 saturated carbocycles. The molecule has 7 heteroatoms. The summed E-state index contributed by atoms with van der Waals surface area (Å²) in [7, 11) is 0. The average molecular weight is 263 g/mol. The van der Waals surface area contributed by atoms with Gasteiger partial charge in [0, 0.05) is 20.4 Å². The number of hydrogen-bond acceptors (Lipinski definition) is 7. The number of esters is 2. The highest BCUT2D eigenvalue weighted by Gasteiger charge is 2.07. The molecule has 0 saturated heterocycles. The van der Waals surface area contributed by atoms with Crippen molar-refractivity contribution in [1.82, 2.24) is 0 Å². The maximum absolute atomic E-state index is 10.5. The van der Waals surface area contributed by atoms with Crippen LogP contribution in [0, 0.1) is 0 Å². The van der Waals surface area contributed by atoms with E-state index in [1.165, 1.54) is 13.8 Å². The fourth-order valence-electron chi connectivity index (χ4n) is 1.04. The van der Waals surface area contributed by atoms with Crippen molar-refractivity contribution in [2.24, 2.45) is 5.73 Å². The summed E-state index contributed by atoms with van der Waals surface area (Å²) in [5.41, 5.74) is 5.48. The van der Waals surface area contributed by atoms with E-state index in [9.17, 15) is 9.59 Å². The van der Waals surface area contributed by atoms with Crippen molar-refractivity contribution >= 4 is 11.9 Å². The quantitative estimate of drug-likeness (QED) is 0.418. The Labute approximate surface area is 107 Å². The molecule has 0 radical (unpaired) electrons. The monoisotopic (exact) mass is 263 g/mol. The second-order valence-electron chi connectivity index (χ2n) is 3.48. The van der Waals surface area contributed by atoms with E-state index in [0.717, 1.165) is 0 Å². The van der Waals surface area contributed by atoms with Crippen LogP contribution in [0.25, 0.3) is 0 Å². The van der Waals surface area contributed by atoms with Gasteiger partial charge in [0.05, 0.1) is 25.9 Å². The van der Waals surface area contributed by atoms with Crippen LogP contribution in [0.15, 0.2) is 0 Å². The Morgan fingerprint density at radius 1 is 1.00 bits per heavy atom. The molecule has 0 fully saturated rings. The number of carbonyl (C=O) groups is 2. The highest BCUT2D eigenvalue weighted by atomic mass is 16.6. The Morgan fingerprint density at radius 3 is 2.06 bits per heavy atom. The molecule has 106 valence electrons. The minimum absolute atomic E-state index is 0.194. The Hall–Kier alpha value is -1.18. The molecular formula is C11H21NO6. The van der Waals surface area contributed by atoms with Gasteiger partial charge in [0.2, 0.25) is 0 Å². The van der Waals surface area contributed by atoms with E-state index in [0.29, 0.717) is 19.8 Å². The zero-order valence-electron chi connectivity index (χ0n) is 10.8. The molecule has 0 heterocycles. The number of ether oxygens (including phenoxy) is 4. The summed E-state index contributed by atoms with van der Waals surface area (Å²) in [6, 6.07) is 0. The van der Waals surface area contributed by atoms with Crippen LogP contribution in [-0.2, 0) is 28.5 Å². The van der Waals surface area contributed by atoms with Gasteiger partial charge in [-0.25, -0.2) is 0 Å². The normalized spacial score (nSPS) is 11.9. The van der Waals surface area contributed by atoms with E-state index in [-0.39, 0.29) is 37.9 Å². The van der Waals surface area contributed by atoms with E-state index >= 15 is 0 Å². The minimum Gasteiger partial charge on any atom is -0.463 e. The lowest BCUT2D eigenvalue weighted by Crippen LogP contribution is -2.30. The molecular weight excluding hydrogens is 242 g/mol. The molecule has 0 aromatic rings. The second-order valence-corrected chi connectivity index (χ2v) is 3.48. The molecule has 1 unspecified atom stereocenters. The third-order valence-electron chi connectivity index (χ3n) is 1.84.